The zero-order valence-corrected chi connectivity index (χ0v) is 6.84. The molecule has 0 unspecified atom stereocenters. The molecule has 11 heavy (non-hydrogen) atoms. The Hall–Kier alpha value is -0.570. The highest BCUT2D eigenvalue weighted by Gasteiger charge is 2.36. The molecule has 3 heteroatoms. The van der Waals surface area contributed by atoms with Crippen molar-refractivity contribution in [3.05, 3.63) is 0 Å². The smallest absolute Gasteiger partial charge is 0.309 e. The third-order valence-electron chi connectivity index (χ3n) is 2.65. The van der Waals surface area contributed by atoms with E-state index in [1.165, 1.54) is 0 Å². The molecule has 0 radical (unpaired) electrons. The molecule has 0 heterocycles. The third-order valence-corrected chi connectivity index (χ3v) is 2.65. The van der Waals surface area contributed by atoms with Crippen LogP contribution in [0.15, 0.2) is 0 Å². The van der Waals surface area contributed by atoms with Crippen LogP contribution in [0.3, 0.4) is 0 Å². The largest absolute Gasteiger partial charge is 0.481 e. The van der Waals surface area contributed by atoms with Gasteiger partial charge in [0.1, 0.15) is 0 Å². The molecular weight excluding hydrogens is 142 g/mol. The molecule has 0 aromatic rings. The molecule has 0 aromatic heterocycles. The molecule has 3 N–H and O–H groups in total. The second-order valence-electron chi connectivity index (χ2n) is 3.70. The second kappa shape index (κ2) is 2.81. The van der Waals surface area contributed by atoms with Gasteiger partial charge in [-0.2, -0.15) is 0 Å². The lowest BCUT2D eigenvalue weighted by Gasteiger charge is -2.31. The summed E-state index contributed by atoms with van der Waals surface area (Å²) < 4.78 is 0. The summed E-state index contributed by atoms with van der Waals surface area (Å²) in [7, 11) is 0. The summed E-state index contributed by atoms with van der Waals surface area (Å²) in [5, 5.41) is 8.84. The lowest BCUT2D eigenvalue weighted by molar-refractivity contribution is -0.149. The summed E-state index contributed by atoms with van der Waals surface area (Å²) >= 11 is 0. The predicted octanol–water partition coefficient (Wildman–Crippen LogP) is 0.979. The molecule has 0 saturated heterocycles. The Morgan fingerprint density at radius 3 is 2.36 bits per heavy atom. The van der Waals surface area contributed by atoms with Gasteiger partial charge in [0, 0.05) is 6.04 Å². The Kier molecular flexibility index (Phi) is 2.18. The molecule has 64 valence electrons. The molecule has 0 aromatic carbocycles. The Morgan fingerprint density at radius 1 is 1.55 bits per heavy atom. The number of hydrogen-bond acceptors (Lipinski definition) is 2. The quantitative estimate of drug-likeness (QED) is 0.596. The van der Waals surface area contributed by atoms with Crippen LogP contribution in [0, 0.1) is 5.41 Å². The topological polar surface area (TPSA) is 63.3 Å². The van der Waals surface area contributed by atoms with E-state index in [1.54, 1.807) is 6.92 Å². The van der Waals surface area contributed by atoms with Gasteiger partial charge in [0.05, 0.1) is 5.41 Å². The van der Waals surface area contributed by atoms with E-state index < -0.39 is 11.4 Å². The number of carboxylic acids is 1. The fraction of sp³-hybridized carbons (Fsp3) is 0.875. The van der Waals surface area contributed by atoms with Gasteiger partial charge in [0.15, 0.2) is 0 Å². The third kappa shape index (κ3) is 1.71. The van der Waals surface area contributed by atoms with Gasteiger partial charge < -0.3 is 10.8 Å². The van der Waals surface area contributed by atoms with Crippen LogP contribution in [-0.2, 0) is 4.79 Å². The van der Waals surface area contributed by atoms with Crippen LogP contribution in [-0.4, -0.2) is 17.1 Å². The zero-order chi connectivity index (χ0) is 8.48. The van der Waals surface area contributed by atoms with Crippen molar-refractivity contribution in [2.75, 3.05) is 0 Å². The Morgan fingerprint density at radius 2 is 2.00 bits per heavy atom. The van der Waals surface area contributed by atoms with Crippen LogP contribution >= 0.6 is 0 Å². The summed E-state index contributed by atoms with van der Waals surface area (Å²) in [4.78, 5) is 10.7. The summed E-state index contributed by atoms with van der Waals surface area (Å²) in [6.07, 6.45) is 3.15. The lowest BCUT2D eigenvalue weighted by atomic mass is 9.74. The summed E-state index contributed by atoms with van der Waals surface area (Å²) in [5.74, 6) is -0.676. The maximum absolute atomic E-state index is 10.7. The van der Waals surface area contributed by atoms with Gasteiger partial charge in [-0.15, -0.1) is 0 Å². The van der Waals surface area contributed by atoms with Crippen molar-refractivity contribution in [1.82, 2.24) is 0 Å². The fourth-order valence-corrected chi connectivity index (χ4v) is 1.49. The van der Waals surface area contributed by atoms with Crippen LogP contribution in [0.1, 0.15) is 32.6 Å². The van der Waals surface area contributed by atoms with Crippen molar-refractivity contribution in [3.8, 4) is 0 Å². The first-order chi connectivity index (χ1) is 5.04. The minimum atomic E-state index is -0.676. The predicted molar refractivity (Wildman–Crippen MR) is 42.2 cm³/mol. The van der Waals surface area contributed by atoms with Crippen molar-refractivity contribution < 1.29 is 9.90 Å². The molecule has 0 amide bonds. The maximum atomic E-state index is 10.7. The van der Waals surface area contributed by atoms with Gasteiger partial charge in [-0.25, -0.2) is 0 Å². The molecule has 3 nitrogen and oxygen atoms in total. The molecule has 1 saturated carbocycles. The number of rotatable bonds is 1. The van der Waals surface area contributed by atoms with Crippen LogP contribution < -0.4 is 5.73 Å². The second-order valence-corrected chi connectivity index (χ2v) is 3.70. The van der Waals surface area contributed by atoms with Crippen LogP contribution in [0.5, 0.6) is 0 Å². The van der Waals surface area contributed by atoms with Crippen molar-refractivity contribution in [3.63, 3.8) is 0 Å². The van der Waals surface area contributed by atoms with Crippen molar-refractivity contribution in [2.45, 2.75) is 38.6 Å². The molecule has 0 atom stereocenters. The average molecular weight is 157 g/mol. The van der Waals surface area contributed by atoms with Gasteiger partial charge in [0.25, 0.3) is 0 Å². The highest BCUT2D eigenvalue weighted by molar-refractivity contribution is 5.74. The van der Waals surface area contributed by atoms with Crippen LogP contribution in [0.2, 0.25) is 0 Å². The molecule has 1 aliphatic rings. The van der Waals surface area contributed by atoms with Gasteiger partial charge >= 0.3 is 5.97 Å². The first-order valence-electron chi connectivity index (χ1n) is 4.03. The Balaban J connectivity index is 2.55. The number of carboxylic acid groups (broad SMARTS) is 1. The van der Waals surface area contributed by atoms with E-state index in [9.17, 15) is 4.79 Å². The van der Waals surface area contributed by atoms with E-state index in [0.29, 0.717) is 0 Å². The highest BCUT2D eigenvalue weighted by atomic mass is 16.4. The molecule has 0 spiro atoms. The van der Waals surface area contributed by atoms with Crippen molar-refractivity contribution in [2.24, 2.45) is 11.1 Å². The number of carbonyl (C=O) groups is 1. The van der Waals surface area contributed by atoms with Gasteiger partial charge in [0.2, 0.25) is 0 Å². The van der Waals surface area contributed by atoms with Crippen molar-refractivity contribution in [1.29, 1.82) is 0 Å². The zero-order valence-electron chi connectivity index (χ0n) is 6.84. The molecule has 0 aliphatic heterocycles. The monoisotopic (exact) mass is 157 g/mol. The molecule has 0 bridgehead atoms. The summed E-state index contributed by atoms with van der Waals surface area (Å²) in [6, 6.07) is 0.224. The number of aliphatic carboxylic acids is 1. The first-order valence-corrected chi connectivity index (χ1v) is 4.03. The van der Waals surface area contributed by atoms with Crippen LogP contribution in [0.25, 0.3) is 0 Å². The van der Waals surface area contributed by atoms with Gasteiger partial charge in [-0.05, 0) is 32.6 Å². The lowest BCUT2D eigenvalue weighted by Crippen LogP contribution is -2.37. The van der Waals surface area contributed by atoms with E-state index in [2.05, 4.69) is 0 Å². The summed E-state index contributed by atoms with van der Waals surface area (Å²) in [5.41, 5.74) is 5.16. The number of hydrogen-bond donors (Lipinski definition) is 2. The standard InChI is InChI=1S/C8H15NO2/c1-8(7(10)11)4-2-6(9)3-5-8/h6H,2-5,9H2,1H3,(H,10,11)/t6-,8+. The number of nitrogens with two attached hydrogens (primary N) is 1. The normalized spacial score (nSPS) is 38.5. The minimum absolute atomic E-state index is 0.224. The van der Waals surface area contributed by atoms with Gasteiger partial charge in [-0.1, -0.05) is 0 Å². The van der Waals surface area contributed by atoms with Gasteiger partial charge in [-0.3, -0.25) is 4.79 Å². The van der Waals surface area contributed by atoms with Crippen LogP contribution in [0.4, 0.5) is 0 Å². The highest BCUT2D eigenvalue weighted by Crippen LogP contribution is 2.35. The maximum Gasteiger partial charge on any atom is 0.309 e. The van der Waals surface area contributed by atoms with E-state index in [-0.39, 0.29) is 6.04 Å². The SMILES string of the molecule is C[C@]1(C(=O)O)CC[C@@H](N)CC1. The molecular formula is C8H15NO2. The van der Waals surface area contributed by atoms with E-state index >= 15 is 0 Å². The Labute approximate surface area is 66.6 Å². The van der Waals surface area contributed by atoms with E-state index in [0.717, 1.165) is 25.7 Å². The first kappa shape index (κ1) is 8.53. The van der Waals surface area contributed by atoms with E-state index in [1.807, 2.05) is 0 Å². The minimum Gasteiger partial charge on any atom is -0.481 e. The molecule has 1 aliphatic carbocycles. The summed E-state index contributed by atoms with van der Waals surface area (Å²) in [6.45, 7) is 1.81. The Bertz CT molecular complexity index is 159. The van der Waals surface area contributed by atoms with E-state index in [4.69, 9.17) is 10.8 Å². The van der Waals surface area contributed by atoms with Crippen molar-refractivity contribution >= 4 is 5.97 Å². The fourth-order valence-electron chi connectivity index (χ4n) is 1.49. The average Bonchev–Trinajstić information content (AvgIpc) is 1.95. The molecule has 1 fully saturated rings. The molecule has 1 rings (SSSR count).